The zero-order valence-electron chi connectivity index (χ0n) is 30.4. The lowest BCUT2D eigenvalue weighted by Gasteiger charge is -2.25. The van der Waals surface area contributed by atoms with E-state index >= 15 is 0 Å². The summed E-state index contributed by atoms with van der Waals surface area (Å²) in [7, 11) is 0. The second-order valence-electron chi connectivity index (χ2n) is 13.7. The Balaban J connectivity index is 2.25. The Morgan fingerprint density at radius 2 is 0.872 bits per heavy atom. The molecular formula is C38H72N2O7. The van der Waals surface area contributed by atoms with E-state index in [1.807, 2.05) is 0 Å². The average Bonchev–Trinajstić information content (AvgIpc) is 3.37. The summed E-state index contributed by atoms with van der Waals surface area (Å²) in [5, 5.41) is 19.7. The Morgan fingerprint density at radius 1 is 0.553 bits per heavy atom. The molecule has 47 heavy (non-hydrogen) atoms. The average molecular weight is 669 g/mol. The van der Waals surface area contributed by atoms with Crippen LogP contribution >= 0.6 is 0 Å². The van der Waals surface area contributed by atoms with Crippen LogP contribution in [0.1, 0.15) is 168 Å². The van der Waals surface area contributed by atoms with E-state index in [0.717, 1.165) is 38.5 Å². The van der Waals surface area contributed by atoms with E-state index in [1.54, 1.807) is 9.80 Å². The van der Waals surface area contributed by atoms with Gasteiger partial charge in [0.1, 0.15) is 13.2 Å². The van der Waals surface area contributed by atoms with Crippen molar-refractivity contribution in [2.75, 3.05) is 45.9 Å². The molecule has 0 saturated carbocycles. The molecule has 0 aliphatic carbocycles. The van der Waals surface area contributed by atoms with Crippen molar-refractivity contribution in [2.45, 2.75) is 180 Å². The number of carbonyl (C=O) groups excluding carboxylic acids is 3. The third-order valence-electron chi connectivity index (χ3n) is 9.26. The molecule has 0 spiro atoms. The SMILES string of the molecule is CCCCCCCCCCCCCC(=O)OCCN(CCOC(=O)CCCCCCCCCCCCC)C(=O)CN1CC(O)[C@@H](O)C1. The lowest BCUT2D eigenvalue weighted by Crippen LogP contribution is -2.43. The number of amides is 1. The highest BCUT2D eigenvalue weighted by Gasteiger charge is 2.31. The van der Waals surface area contributed by atoms with Crippen molar-refractivity contribution in [3.63, 3.8) is 0 Å². The first-order valence-corrected chi connectivity index (χ1v) is 19.5. The van der Waals surface area contributed by atoms with Gasteiger partial charge in [0.05, 0.1) is 31.8 Å². The number of rotatable bonds is 32. The van der Waals surface area contributed by atoms with Crippen molar-refractivity contribution in [2.24, 2.45) is 0 Å². The summed E-state index contributed by atoms with van der Waals surface area (Å²) in [6.45, 7) is 5.55. The molecule has 1 aliphatic heterocycles. The standard InChI is InChI=1S/C38H72N2O7/c1-3-5-7-9-11-13-15-17-19-21-23-25-37(44)46-29-27-40(36(43)33-39-31-34(41)35(42)32-39)28-30-47-38(45)26-24-22-20-18-16-14-12-10-8-6-4-2/h34-35,41-42H,3-33H2,1-2H3/t34-,35?/m0/s1. The van der Waals surface area contributed by atoms with Gasteiger partial charge in [0.15, 0.2) is 0 Å². The first-order chi connectivity index (χ1) is 22.9. The van der Waals surface area contributed by atoms with Crippen LogP contribution in [0.2, 0.25) is 0 Å². The molecule has 0 bridgehead atoms. The van der Waals surface area contributed by atoms with Gasteiger partial charge in [0.2, 0.25) is 5.91 Å². The molecule has 2 N–H and O–H groups in total. The molecule has 9 nitrogen and oxygen atoms in total. The second kappa shape index (κ2) is 30.4. The molecule has 1 amide bonds. The van der Waals surface area contributed by atoms with Crippen LogP contribution in [-0.2, 0) is 23.9 Å². The predicted octanol–water partition coefficient (Wildman–Crippen LogP) is 7.34. The van der Waals surface area contributed by atoms with Gasteiger partial charge < -0.3 is 24.6 Å². The van der Waals surface area contributed by atoms with E-state index in [9.17, 15) is 24.6 Å². The predicted molar refractivity (Wildman–Crippen MR) is 189 cm³/mol. The molecule has 0 radical (unpaired) electrons. The third-order valence-corrected chi connectivity index (χ3v) is 9.26. The minimum Gasteiger partial charge on any atom is -0.464 e. The van der Waals surface area contributed by atoms with Crippen molar-refractivity contribution in [3.05, 3.63) is 0 Å². The molecule has 1 rings (SSSR count). The van der Waals surface area contributed by atoms with Crippen LogP contribution < -0.4 is 0 Å². The number of esters is 2. The summed E-state index contributed by atoms with van der Waals surface area (Å²) in [5.41, 5.74) is 0. The number of carbonyl (C=O) groups is 3. The van der Waals surface area contributed by atoms with Gasteiger partial charge in [-0.3, -0.25) is 19.3 Å². The number of hydrogen-bond acceptors (Lipinski definition) is 8. The van der Waals surface area contributed by atoms with E-state index in [1.165, 1.54) is 103 Å². The van der Waals surface area contributed by atoms with Gasteiger partial charge in [-0.1, -0.05) is 142 Å². The molecule has 0 aromatic heterocycles. The van der Waals surface area contributed by atoms with Crippen LogP contribution in [0.25, 0.3) is 0 Å². The summed E-state index contributed by atoms with van der Waals surface area (Å²) in [4.78, 5) is 40.9. The van der Waals surface area contributed by atoms with Crippen LogP contribution in [0.3, 0.4) is 0 Å². The van der Waals surface area contributed by atoms with Crippen LogP contribution in [0, 0.1) is 0 Å². The van der Waals surface area contributed by atoms with Crippen LogP contribution in [0.5, 0.6) is 0 Å². The summed E-state index contributed by atoms with van der Waals surface area (Å²) >= 11 is 0. The molecule has 1 heterocycles. The summed E-state index contributed by atoms with van der Waals surface area (Å²) < 4.78 is 10.9. The van der Waals surface area contributed by atoms with E-state index in [2.05, 4.69) is 13.8 Å². The number of β-amino-alcohol motifs (C(OH)–C–C–N with tert-alkyl or cyclic N) is 2. The highest BCUT2D eigenvalue weighted by atomic mass is 16.5. The smallest absolute Gasteiger partial charge is 0.305 e. The van der Waals surface area contributed by atoms with Crippen molar-refractivity contribution in [3.8, 4) is 0 Å². The maximum absolute atomic E-state index is 13.1. The van der Waals surface area contributed by atoms with Gasteiger partial charge in [-0.25, -0.2) is 0 Å². The first-order valence-electron chi connectivity index (χ1n) is 19.5. The van der Waals surface area contributed by atoms with E-state index in [0.29, 0.717) is 12.8 Å². The van der Waals surface area contributed by atoms with Crippen molar-refractivity contribution in [1.82, 2.24) is 9.80 Å². The lowest BCUT2D eigenvalue weighted by atomic mass is 10.1. The fourth-order valence-electron chi connectivity index (χ4n) is 6.18. The van der Waals surface area contributed by atoms with Crippen molar-refractivity contribution < 1.29 is 34.1 Å². The maximum Gasteiger partial charge on any atom is 0.305 e. The second-order valence-corrected chi connectivity index (χ2v) is 13.7. The fourth-order valence-corrected chi connectivity index (χ4v) is 6.18. The Labute approximate surface area is 287 Å². The third kappa shape index (κ3) is 25.0. The van der Waals surface area contributed by atoms with Crippen molar-refractivity contribution >= 4 is 17.8 Å². The van der Waals surface area contributed by atoms with E-state index < -0.39 is 12.2 Å². The number of nitrogens with zero attached hydrogens (tertiary/aromatic N) is 2. The fraction of sp³-hybridized carbons (Fsp3) is 0.921. The van der Waals surface area contributed by atoms with Gasteiger partial charge in [-0.05, 0) is 12.8 Å². The summed E-state index contributed by atoms with van der Waals surface area (Å²) in [6.07, 6.45) is 25.8. The highest BCUT2D eigenvalue weighted by Crippen LogP contribution is 2.14. The van der Waals surface area contributed by atoms with Gasteiger partial charge in [0.25, 0.3) is 0 Å². The number of aliphatic hydroxyl groups excluding tert-OH is 2. The topological polar surface area (TPSA) is 117 Å². The monoisotopic (exact) mass is 669 g/mol. The Bertz CT molecular complexity index is 727. The molecule has 0 aromatic rings. The number of ether oxygens (including phenoxy) is 2. The van der Waals surface area contributed by atoms with Crippen LogP contribution in [0.4, 0.5) is 0 Å². The van der Waals surface area contributed by atoms with Crippen molar-refractivity contribution in [1.29, 1.82) is 0 Å². The summed E-state index contributed by atoms with van der Waals surface area (Å²) in [6, 6.07) is 0. The maximum atomic E-state index is 13.1. The largest absolute Gasteiger partial charge is 0.464 e. The zero-order chi connectivity index (χ0) is 34.4. The molecule has 1 unspecified atom stereocenters. The minimum atomic E-state index is -0.871. The number of likely N-dealkylation sites (tertiary alicyclic amines) is 1. The quantitative estimate of drug-likeness (QED) is 0.0565. The Kier molecular flexibility index (Phi) is 28.0. The molecule has 0 aromatic carbocycles. The molecule has 1 aliphatic rings. The van der Waals surface area contributed by atoms with Gasteiger partial charge >= 0.3 is 11.9 Å². The molecule has 1 saturated heterocycles. The Morgan fingerprint density at radius 3 is 1.21 bits per heavy atom. The number of aliphatic hydroxyl groups is 2. The molecule has 1 fully saturated rings. The number of hydrogen-bond donors (Lipinski definition) is 2. The zero-order valence-corrected chi connectivity index (χ0v) is 30.4. The lowest BCUT2D eigenvalue weighted by molar-refractivity contribution is -0.148. The molecular weight excluding hydrogens is 596 g/mol. The highest BCUT2D eigenvalue weighted by molar-refractivity contribution is 5.78. The molecule has 2 atom stereocenters. The molecule has 9 heteroatoms. The van der Waals surface area contributed by atoms with Gasteiger partial charge in [-0.15, -0.1) is 0 Å². The number of unbranched alkanes of at least 4 members (excludes halogenated alkanes) is 20. The van der Waals surface area contributed by atoms with Gasteiger partial charge in [-0.2, -0.15) is 0 Å². The van der Waals surface area contributed by atoms with Crippen LogP contribution in [-0.4, -0.2) is 96.0 Å². The molecule has 276 valence electrons. The van der Waals surface area contributed by atoms with E-state index in [4.69, 9.17) is 9.47 Å². The minimum absolute atomic E-state index is 0.0352. The normalized spacial score (nSPS) is 16.4. The summed E-state index contributed by atoms with van der Waals surface area (Å²) in [5.74, 6) is -0.718. The first kappa shape index (κ1) is 43.3. The van der Waals surface area contributed by atoms with Gasteiger partial charge in [0, 0.05) is 25.9 Å². The Hall–Kier alpha value is -1.71. The van der Waals surface area contributed by atoms with Crippen LogP contribution in [0.15, 0.2) is 0 Å². The van der Waals surface area contributed by atoms with E-state index in [-0.39, 0.29) is 63.8 Å².